The molecule has 0 aliphatic rings. The zero-order chi connectivity index (χ0) is 15.2. The minimum Gasteiger partial charge on any atom is -0.388 e. The van der Waals surface area contributed by atoms with E-state index in [4.69, 9.17) is 0 Å². The minimum atomic E-state index is -0.816. The second kappa shape index (κ2) is 7.41. The van der Waals surface area contributed by atoms with Gasteiger partial charge in [0.25, 0.3) is 0 Å². The summed E-state index contributed by atoms with van der Waals surface area (Å²) in [4.78, 5) is 0. The Morgan fingerprint density at radius 1 is 1.20 bits per heavy atom. The molecule has 2 heteroatoms. The number of hydrogen-bond donors (Lipinski definition) is 2. The molecular weight excluding hydrogens is 246 g/mol. The maximum atomic E-state index is 10.7. The number of hydrogen-bond acceptors (Lipinski definition) is 2. The molecule has 2 nitrogen and oxygen atoms in total. The molecule has 2 N–H and O–H groups in total. The molecule has 0 bridgehead atoms. The van der Waals surface area contributed by atoms with E-state index in [9.17, 15) is 5.11 Å². The van der Waals surface area contributed by atoms with E-state index in [1.54, 1.807) is 12.2 Å². The van der Waals surface area contributed by atoms with Crippen molar-refractivity contribution >= 4 is 0 Å². The molecule has 110 valence electrons. The molecule has 0 saturated heterocycles. The maximum Gasteiger partial charge on any atom is 0.0865 e. The Hall–Kier alpha value is -1.38. The smallest absolute Gasteiger partial charge is 0.0865 e. The third-order valence-corrected chi connectivity index (χ3v) is 3.99. The molecule has 0 radical (unpaired) electrons. The van der Waals surface area contributed by atoms with Crippen LogP contribution < -0.4 is 5.32 Å². The molecule has 1 atom stereocenters. The van der Waals surface area contributed by atoms with Crippen molar-refractivity contribution in [2.24, 2.45) is 0 Å². The van der Waals surface area contributed by atoms with Gasteiger partial charge in [0.2, 0.25) is 0 Å². The van der Waals surface area contributed by atoms with Gasteiger partial charge >= 0.3 is 0 Å². The van der Waals surface area contributed by atoms with Crippen molar-refractivity contribution in [3.8, 4) is 0 Å². The van der Waals surface area contributed by atoms with Crippen LogP contribution in [-0.4, -0.2) is 16.7 Å². The van der Waals surface area contributed by atoms with Crippen molar-refractivity contribution in [1.29, 1.82) is 0 Å². The number of benzene rings is 1. The van der Waals surface area contributed by atoms with Gasteiger partial charge in [-0.3, -0.25) is 0 Å². The lowest BCUT2D eigenvalue weighted by Gasteiger charge is -2.33. The Morgan fingerprint density at radius 3 is 2.30 bits per heavy atom. The molecule has 0 unspecified atom stereocenters. The Morgan fingerprint density at radius 2 is 1.80 bits per heavy atom. The summed E-state index contributed by atoms with van der Waals surface area (Å²) in [5, 5.41) is 14.1. The number of aliphatic hydroxyl groups is 1. The Kier molecular flexibility index (Phi) is 6.18. The summed E-state index contributed by atoms with van der Waals surface area (Å²) in [5.74, 6) is 0. The Bertz CT molecular complexity index is 454. The number of rotatable bonds is 8. The van der Waals surface area contributed by atoms with Crippen LogP contribution in [0.5, 0.6) is 0 Å². The van der Waals surface area contributed by atoms with E-state index in [-0.39, 0.29) is 6.04 Å². The third-order valence-electron chi connectivity index (χ3n) is 3.99. The molecule has 0 fully saturated rings. The van der Waals surface area contributed by atoms with E-state index >= 15 is 0 Å². The summed E-state index contributed by atoms with van der Waals surface area (Å²) < 4.78 is 0. The van der Waals surface area contributed by atoms with E-state index in [0.717, 1.165) is 6.54 Å². The van der Waals surface area contributed by atoms with E-state index in [0.29, 0.717) is 12.8 Å². The van der Waals surface area contributed by atoms with Gasteiger partial charge in [-0.15, -0.1) is 13.2 Å². The summed E-state index contributed by atoms with van der Waals surface area (Å²) in [6.07, 6.45) is 4.63. The van der Waals surface area contributed by atoms with Crippen LogP contribution >= 0.6 is 0 Å². The maximum absolute atomic E-state index is 10.7. The van der Waals surface area contributed by atoms with Crippen LogP contribution in [0.25, 0.3) is 0 Å². The highest BCUT2D eigenvalue weighted by atomic mass is 16.3. The lowest BCUT2D eigenvalue weighted by molar-refractivity contribution is 0.0122. The van der Waals surface area contributed by atoms with E-state index in [1.807, 2.05) is 6.92 Å². The van der Waals surface area contributed by atoms with Gasteiger partial charge in [0.15, 0.2) is 0 Å². The van der Waals surface area contributed by atoms with Crippen LogP contribution in [0.3, 0.4) is 0 Å². The topological polar surface area (TPSA) is 32.3 Å². The van der Waals surface area contributed by atoms with E-state index < -0.39 is 5.60 Å². The van der Waals surface area contributed by atoms with Gasteiger partial charge in [0, 0.05) is 12.6 Å². The highest BCUT2D eigenvalue weighted by Crippen LogP contribution is 2.21. The molecule has 20 heavy (non-hydrogen) atoms. The molecule has 0 amide bonds. The molecule has 0 saturated carbocycles. The van der Waals surface area contributed by atoms with Gasteiger partial charge in [-0.05, 0) is 50.3 Å². The quantitative estimate of drug-likeness (QED) is 0.708. The van der Waals surface area contributed by atoms with Crippen LogP contribution in [-0.2, 0) is 6.54 Å². The van der Waals surface area contributed by atoms with Gasteiger partial charge < -0.3 is 10.4 Å². The largest absolute Gasteiger partial charge is 0.388 e. The lowest BCUT2D eigenvalue weighted by Crippen LogP contribution is -2.48. The first-order valence-electron chi connectivity index (χ1n) is 7.16. The molecule has 1 aromatic rings. The lowest BCUT2D eigenvalue weighted by atomic mass is 9.88. The minimum absolute atomic E-state index is 0.0277. The molecule has 0 spiro atoms. The predicted octanol–water partition coefficient (Wildman–Crippen LogP) is 3.66. The number of nitrogens with one attached hydrogen (secondary N) is 1. The summed E-state index contributed by atoms with van der Waals surface area (Å²) in [6, 6.07) is 6.42. The van der Waals surface area contributed by atoms with Crippen LogP contribution in [0, 0.1) is 13.8 Å². The van der Waals surface area contributed by atoms with Gasteiger partial charge in [0.1, 0.15) is 0 Å². The SMILES string of the molecule is C=CCC(O)(CC=C)[C@@H](C)NCc1ccc(C)c(C)c1. The van der Waals surface area contributed by atoms with Gasteiger partial charge in [-0.1, -0.05) is 30.4 Å². The molecule has 0 heterocycles. The molecule has 0 aliphatic heterocycles. The van der Waals surface area contributed by atoms with E-state index in [1.165, 1.54) is 16.7 Å². The first kappa shape index (κ1) is 16.7. The normalized spacial score (nSPS) is 13.0. The van der Waals surface area contributed by atoms with Crippen LogP contribution in [0.15, 0.2) is 43.5 Å². The second-order valence-corrected chi connectivity index (χ2v) is 5.61. The molecular formula is C18H27NO. The standard InChI is InChI=1S/C18H27NO/c1-6-10-18(20,11-7-2)16(5)19-13-17-9-8-14(3)15(4)12-17/h6-9,12,16,19-20H,1-2,10-11,13H2,3-5H3/t16-/m1/s1. The first-order chi connectivity index (χ1) is 9.42. The number of aryl methyl sites for hydroxylation is 2. The summed E-state index contributed by atoms with van der Waals surface area (Å²) in [6.45, 7) is 14.4. The van der Waals surface area contributed by atoms with Gasteiger partial charge in [0.05, 0.1) is 5.60 Å². The molecule has 1 aromatic carbocycles. The third kappa shape index (κ3) is 4.32. The fourth-order valence-electron chi connectivity index (χ4n) is 2.31. The van der Waals surface area contributed by atoms with Crippen molar-refractivity contribution in [1.82, 2.24) is 5.32 Å². The molecule has 0 aliphatic carbocycles. The average molecular weight is 273 g/mol. The van der Waals surface area contributed by atoms with Crippen molar-refractivity contribution < 1.29 is 5.11 Å². The van der Waals surface area contributed by atoms with E-state index in [2.05, 4.69) is 50.5 Å². The highest BCUT2D eigenvalue weighted by Gasteiger charge is 2.30. The summed E-state index contributed by atoms with van der Waals surface area (Å²) in [7, 11) is 0. The monoisotopic (exact) mass is 273 g/mol. The molecule has 0 aromatic heterocycles. The van der Waals surface area contributed by atoms with Crippen molar-refractivity contribution in [3.63, 3.8) is 0 Å². The summed E-state index contributed by atoms with van der Waals surface area (Å²) >= 11 is 0. The zero-order valence-corrected chi connectivity index (χ0v) is 12.9. The fraction of sp³-hybridized carbons (Fsp3) is 0.444. The van der Waals surface area contributed by atoms with Crippen molar-refractivity contribution in [2.75, 3.05) is 0 Å². The van der Waals surface area contributed by atoms with Crippen molar-refractivity contribution in [2.45, 2.75) is 51.8 Å². The summed E-state index contributed by atoms with van der Waals surface area (Å²) in [5.41, 5.74) is 3.02. The fourth-order valence-corrected chi connectivity index (χ4v) is 2.31. The zero-order valence-electron chi connectivity index (χ0n) is 12.9. The predicted molar refractivity (Wildman–Crippen MR) is 86.8 cm³/mol. The second-order valence-electron chi connectivity index (χ2n) is 5.61. The Labute approximate surface area is 123 Å². The van der Waals surface area contributed by atoms with Gasteiger partial charge in [-0.25, -0.2) is 0 Å². The first-order valence-corrected chi connectivity index (χ1v) is 7.16. The Balaban J connectivity index is 2.68. The van der Waals surface area contributed by atoms with Crippen LogP contribution in [0.1, 0.15) is 36.5 Å². The average Bonchev–Trinajstić information content (AvgIpc) is 2.40. The van der Waals surface area contributed by atoms with Gasteiger partial charge in [-0.2, -0.15) is 0 Å². The van der Waals surface area contributed by atoms with Crippen LogP contribution in [0.2, 0.25) is 0 Å². The van der Waals surface area contributed by atoms with Crippen LogP contribution in [0.4, 0.5) is 0 Å². The van der Waals surface area contributed by atoms with Crippen molar-refractivity contribution in [3.05, 3.63) is 60.2 Å². The highest BCUT2D eigenvalue weighted by molar-refractivity contribution is 5.29. The molecule has 1 rings (SSSR count).